The largest absolute Gasteiger partial charge is 0.495 e. The van der Waals surface area contributed by atoms with Crippen molar-refractivity contribution in [2.45, 2.75) is 33.6 Å². The quantitative estimate of drug-likeness (QED) is 0.761. The third-order valence-electron chi connectivity index (χ3n) is 4.35. The highest BCUT2D eigenvalue weighted by Crippen LogP contribution is 2.29. The fourth-order valence-corrected chi connectivity index (χ4v) is 3.19. The Hall–Kier alpha value is -2.53. The van der Waals surface area contributed by atoms with Gasteiger partial charge >= 0.3 is 0 Å². The molecule has 2 aromatic rings. The van der Waals surface area contributed by atoms with Gasteiger partial charge in [-0.15, -0.1) is 0 Å². The molecule has 0 spiro atoms. The molecule has 0 radical (unpaired) electrons. The van der Waals surface area contributed by atoms with Gasteiger partial charge < -0.3 is 15.0 Å². The first-order valence-electron chi connectivity index (χ1n) is 8.93. The lowest BCUT2D eigenvalue weighted by molar-refractivity contribution is -0.120. The molecular formula is C21H25ClN2O3. The third kappa shape index (κ3) is 5.01. The molecule has 2 rings (SSSR count). The number of para-hydroxylation sites is 1. The Kier molecular flexibility index (Phi) is 7.25. The summed E-state index contributed by atoms with van der Waals surface area (Å²) in [6, 6.07) is 10.9. The molecule has 144 valence electrons. The number of nitrogens with one attached hydrogen (secondary N) is 1. The Balaban J connectivity index is 2.32. The highest BCUT2D eigenvalue weighted by molar-refractivity contribution is 6.31. The summed E-state index contributed by atoms with van der Waals surface area (Å²) in [5, 5.41) is 3.28. The van der Waals surface area contributed by atoms with Crippen LogP contribution in [0, 0.1) is 0 Å². The number of benzene rings is 2. The summed E-state index contributed by atoms with van der Waals surface area (Å²) in [6.45, 7) is 5.45. The number of nitrogens with zero attached hydrogens (tertiary/aromatic N) is 1. The molecule has 0 heterocycles. The van der Waals surface area contributed by atoms with Crippen LogP contribution in [0.4, 0.5) is 11.4 Å². The highest BCUT2D eigenvalue weighted by atomic mass is 35.5. The summed E-state index contributed by atoms with van der Waals surface area (Å²) < 4.78 is 5.26. The van der Waals surface area contributed by atoms with Crippen LogP contribution in [0.5, 0.6) is 5.75 Å². The average Bonchev–Trinajstić information content (AvgIpc) is 2.65. The average molecular weight is 389 g/mol. The fourth-order valence-electron chi connectivity index (χ4n) is 3.02. The molecule has 0 saturated carbocycles. The second-order valence-electron chi connectivity index (χ2n) is 6.13. The SMILES string of the molecule is CCc1cccc(CC)c1N(CC(=O)Nc1cc(Cl)ccc1OC)C(C)=O. The zero-order valence-corrected chi connectivity index (χ0v) is 16.9. The van der Waals surface area contributed by atoms with Gasteiger partial charge in [0.15, 0.2) is 0 Å². The number of carbonyl (C=O) groups is 2. The number of hydrogen-bond donors (Lipinski definition) is 1. The minimum atomic E-state index is -0.321. The molecule has 0 fully saturated rings. The van der Waals surface area contributed by atoms with Crippen LogP contribution < -0.4 is 15.0 Å². The van der Waals surface area contributed by atoms with Gasteiger partial charge in [0.2, 0.25) is 11.8 Å². The van der Waals surface area contributed by atoms with Gasteiger partial charge in [0.05, 0.1) is 18.5 Å². The summed E-state index contributed by atoms with van der Waals surface area (Å²) in [5.41, 5.74) is 3.37. The van der Waals surface area contributed by atoms with Crippen LogP contribution in [0.15, 0.2) is 36.4 Å². The first-order valence-corrected chi connectivity index (χ1v) is 9.31. The molecule has 6 heteroatoms. The number of carbonyl (C=O) groups excluding carboxylic acids is 2. The predicted molar refractivity (Wildman–Crippen MR) is 110 cm³/mol. The van der Waals surface area contributed by atoms with E-state index in [1.54, 1.807) is 18.2 Å². The van der Waals surface area contributed by atoms with Crippen LogP contribution in [0.1, 0.15) is 31.9 Å². The first kappa shape index (κ1) is 20.8. The van der Waals surface area contributed by atoms with Crippen molar-refractivity contribution in [2.75, 3.05) is 23.9 Å². The van der Waals surface area contributed by atoms with Crippen molar-refractivity contribution in [3.05, 3.63) is 52.5 Å². The van der Waals surface area contributed by atoms with E-state index in [-0.39, 0.29) is 18.4 Å². The first-order chi connectivity index (χ1) is 12.9. The number of hydrogen-bond acceptors (Lipinski definition) is 3. The van der Waals surface area contributed by atoms with Crippen LogP contribution in [0.3, 0.4) is 0 Å². The Morgan fingerprint density at radius 3 is 2.26 bits per heavy atom. The molecule has 0 unspecified atom stereocenters. The molecule has 1 N–H and O–H groups in total. The van der Waals surface area contributed by atoms with E-state index in [4.69, 9.17) is 16.3 Å². The molecule has 0 aliphatic heterocycles. The van der Waals surface area contributed by atoms with E-state index in [2.05, 4.69) is 5.32 Å². The van der Waals surface area contributed by atoms with E-state index in [0.717, 1.165) is 29.7 Å². The van der Waals surface area contributed by atoms with Crippen molar-refractivity contribution >= 4 is 34.8 Å². The Morgan fingerprint density at radius 2 is 1.74 bits per heavy atom. The number of methoxy groups -OCH3 is 1. The van der Waals surface area contributed by atoms with Crippen molar-refractivity contribution in [1.29, 1.82) is 0 Å². The van der Waals surface area contributed by atoms with Gasteiger partial charge in [-0.25, -0.2) is 0 Å². The zero-order chi connectivity index (χ0) is 20.0. The van der Waals surface area contributed by atoms with Crippen LogP contribution in [0.25, 0.3) is 0 Å². The Morgan fingerprint density at radius 1 is 1.11 bits per heavy atom. The molecule has 0 aliphatic rings. The minimum absolute atomic E-state index is 0.0883. The van der Waals surface area contributed by atoms with Gasteiger partial charge in [-0.3, -0.25) is 9.59 Å². The zero-order valence-electron chi connectivity index (χ0n) is 16.1. The van der Waals surface area contributed by atoms with E-state index < -0.39 is 0 Å². The summed E-state index contributed by atoms with van der Waals surface area (Å²) in [4.78, 5) is 26.6. The van der Waals surface area contributed by atoms with E-state index in [1.165, 1.54) is 18.9 Å². The topological polar surface area (TPSA) is 58.6 Å². The second kappa shape index (κ2) is 9.42. The predicted octanol–water partition coefficient (Wildman–Crippen LogP) is 4.47. The number of halogens is 1. The van der Waals surface area contributed by atoms with E-state index in [9.17, 15) is 9.59 Å². The number of amides is 2. The van der Waals surface area contributed by atoms with Crippen LogP contribution >= 0.6 is 11.6 Å². The van der Waals surface area contributed by atoms with Crippen LogP contribution in [-0.4, -0.2) is 25.5 Å². The number of rotatable bonds is 7. The number of ether oxygens (including phenoxy) is 1. The van der Waals surface area contributed by atoms with E-state index in [0.29, 0.717) is 16.5 Å². The van der Waals surface area contributed by atoms with Gasteiger partial charge in [-0.05, 0) is 42.2 Å². The molecule has 0 atom stereocenters. The monoisotopic (exact) mass is 388 g/mol. The van der Waals surface area contributed by atoms with Gasteiger partial charge in [0.25, 0.3) is 0 Å². The molecule has 0 bridgehead atoms. The molecule has 0 aliphatic carbocycles. The summed E-state index contributed by atoms with van der Waals surface area (Å²) >= 11 is 6.02. The Labute approximate surface area is 165 Å². The van der Waals surface area contributed by atoms with Crippen molar-refractivity contribution in [3.63, 3.8) is 0 Å². The van der Waals surface area contributed by atoms with E-state index in [1.807, 2.05) is 32.0 Å². The Bertz CT molecular complexity index is 814. The van der Waals surface area contributed by atoms with Gasteiger partial charge in [-0.2, -0.15) is 0 Å². The number of aryl methyl sites for hydroxylation is 2. The smallest absolute Gasteiger partial charge is 0.244 e. The van der Waals surface area contributed by atoms with Crippen molar-refractivity contribution in [3.8, 4) is 5.75 Å². The van der Waals surface area contributed by atoms with Gasteiger partial charge in [0.1, 0.15) is 12.3 Å². The molecule has 27 heavy (non-hydrogen) atoms. The lowest BCUT2D eigenvalue weighted by Crippen LogP contribution is -2.38. The lowest BCUT2D eigenvalue weighted by atomic mass is 10.0. The standard InChI is InChI=1S/C21H25ClN2O3/c1-5-15-8-7-9-16(6-2)21(15)24(14(3)25)13-20(26)23-18-12-17(22)10-11-19(18)27-4/h7-12H,5-6,13H2,1-4H3,(H,23,26). The second-order valence-corrected chi connectivity index (χ2v) is 6.57. The van der Waals surface area contributed by atoms with Crippen LogP contribution in [0.2, 0.25) is 5.02 Å². The lowest BCUT2D eigenvalue weighted by Gasteiger charge is -2.26. The maximum absolute atomic E-state index is 12.7. The summed E-state index contributed by atoms with van der Waals surface area (Å²) in [7, 11) is 1.52. The minimum Gasteiger partial charge on any atom is -0.495 e. The third-order valence-corrected chi connectivity index (χ3v) is 4.59. The summed E-state index contributed by atoms with van der Waals surface area (Å²) in [6.07, 6.45) is 1.55. The maximum atomic E-state index is 12.7. The van der Waals surface area contributed by atoms with Crippen molar-refractivity contribution in [1.82, 2.24) is 0 Å². The molecule has 0 saturated heterocycles. The normalized spacial score (nSPS) is 10.4. The van der Waals surface area contributed by atoms with Crippen LogP contribution in [-0.2, 0) is 22.4 Å². The molecule has 2 aromatic carbocycles. The van der Waals surface area contributed by atoms with E-state index >= 15 is 0 Å². The maximum Gasteiger partial charge on any atom is 0.244 e. The van der Waals surface area contributed by atoms with Gasteiger partial charge in [-0.1, -0.05) is 43.6 Å². The molecule has 2 amide bonds. The molecule has 5 nitrogen and oxygen atoms in total. The fraction of sp³-hybridized carbons (Fsp3) is 0.333. The van der Waals surface area contributed by atoms with Gasteiger partial charge in [0, 0.05) is 11.9 Å². The summed E-state index contributed by atoms with van der Waals surface area (Å²) in [5.74, 6) is 0.00265. The molecular weight excluding hydrogens is 364 g/mol. The highest BCUT2D eigenvalue weighted by Gasteiger charge is 2.21. The number of anilines is 2. The molecule has 0 aromatic heterocycles. The van der Waals surface area contributed by atoms with Crippen molar-refractivity contribution in [2.24, 2.45) is 0 Å². The van der Waals surface area contributed by atoms with Crippen molar-refractivity contribution < 1.29 is 14.3 Å².